The smallest absolute Gasteiger partial charge is 0.329 e. The molecule has 1 amide bonds. The van der Waals surface area contributed by atoms with Gasteiger partial charge in [0.25, 0.3) is 5.91 Å². The number of carboxylic acids is 1. The highest BCUT2D eigenvalue weighted by Crippen LogP contribution is 2.29. The molecule has 0 saturated heterocycles. The molecule has 1 aliphatic carbocycles. The molecular formula is C16H21NO4. The zero-order valence-corrected chi connectivity index (χ0v) is 12.2. The third kappa shape index (κ3) is 3.74. The van der Waals surface area contributed by atoms with Gasteiger partial charge in [-0.3, -0.25) is 4.79 Å². The number of hydrogen-bond donors (Lipinski definition) is 2. The predicted octanol–water partition coefficient (Wildman–Crippen LogP) is 2.14. The zero-order chi connectivity index (χ0) is 15.3. The summed E-state index contributed by atoms with van der Waals surface area (Å²) in [7, 11) is 0. The Morgan fingerprint density at radius 1 is 1.33 bits per heavy atom. The highest BCUT2D eigenvalue weighted by molar-refractivity contribution is 5.87. The summed E-state index contributed by atoms with van der Waals surface area (Å²) in [5.74, 6) is -0.720. The Labute approximate surface area is 124 Å². The molecule has 0 radical (unpaired) electrons. The number of carbonyl (C=O) groups excluding carboxylic acids is 1. The van der Waals surface area contributed by atoms with Crippen molar-refractivity contribution in [1.29, 1.82) is 0 Å². The van der Waals surface area contributed by atoms with E-state index in [2.05, 4.69) is 5.32 Å². The molecule has 0 aliphatic heterocycles. The number of carbonyl (C=O) groups is 2. The summed E-state index contributed by atoms with van der Waals surface area (Å²) in [6.07, 6.45) is 3.52. The van der Waals surface area contributed by atoms with Gasteiger partial charge >= 0.3 is 5.97 Å². The van der Waals surface area contributed by atoms with Crippen LogP contribution in [0.3, 0.4) is 0 Å². The fourth-order valence-electron chi connectivity index (χ4n) is 2.68. The van der Waals surface area contributed by atoms with E-state index in [0.717, 1.165) is 24.8 Å². The van der Waals surface area contributed by atoms with E-state index in [0.29, 0.717) is 18.6 Å². The average Bonchev–Trinajstić information content (AvgIpc) is 2.95. The minimum Gasteiger partial charge on any atom is -0.484 e. The molecule has 2 N–H and O–H groups in total. The Kier molecular flexibility index (Phi) is 4.83. The summed E-state index contributed by atoms with van der Waals surface area (Å²) in [6.45, 7) is 1.88. The predicted molar refractivity (Wildman–Crippen MR) is 78.3 cm³/mol. The third-order valence-corrected chi connectivity index (χ3v) is 3.92. The number of carboxylic acid groups (broad SMARTS) is 1. The van der Waals surface area contributed by atoms with Crippen molar-refractivity contribution < 1.29 is 19.4 Å². The van der Waals surface area contributed by atoms with Gasteiger partial charge in [-0.05, 0) is 37.0 Å². The van der Waals surface area contributed by atoms with Crippen molar-refractivity contribution in [3.8, 4) is 5.75 Å². The second-order valence-corrected chi connectivity index (χ2v) is 5.43. The maximum absolute atomic E-state index is 11.9. The first-order chi connectivity index (χ1) is 10.1. The fourth-order valence-corrected chi connectivity index (χ4v) is 2.68. The van der Waals surface area contributed by atoms with Gasteiger partial charge in [-0.15, -0.1) is 0 Å². The van der Waals surface area contributed by atoms with Crippen LogP contribution in [0.25, 0.3) is 0 Å². The van der Waals surface area contributed by atoms with Crippen LogP contribution in [0.15, 0.2) is 24.3 Å². The number of benzene rings is 1. The first-order valence-corrected chi connectivity index (χ1v) is 7.32. The van der Waals surface area contributed by atoms with Crippen LogP contribution in [0.1, 0.15) is 38.2 Å². The Hall–Kier alpha value is -2.04. The molecule has 1 aliphatic rings. The van der Waals surface area contributed by atoms with Gasteiger partial charge in [0.1, 0.15) is 11.3 Å². The largest absolute Gasteiger partial charge is 0.484 e. The van der Waals surface area contributed by atoms with Crippen molar-refractivity contribution in [2.75, 3.05) is 6.61 Å². The second-order valence-electron chi connectivity index (χ2n) is 5.43. The molecule has 1 aromatic rings. The molecule has 1 fully saturated rings. The monoisotopic (exact) mass is 291 g/mol. The lowest BCUT2D eigenvalue weighted by Crippen LogP contribution is -2.53. The molecule has 1 aromatic carbocycles. The number of aryl methyl sites for hydroxylation is 1. The molecule has 0 spiro atoms. The maximum Gasteiger partial charge on any atom is 0.329 e. The van der Waals surface area contributed by atoms with Crippen molar-refractivity contribution >= 4 is 11.9 Å². The first kappa shape index (κ1) is 15.4. The molecule has 0 aromatic heterocycles. The standard InChI is InChI=1S/C16H21NO4/c1-2-12-6-5-7-13(10-12)21-11-14(18)17-16(15(19)20)8-3-4-9-16/h5-7,10H,2-4,8-9,11H2,1H3,(H,17,18)(H,19,20). The molecule has 0 unspecified atom stereocenters. The molecule has 5 heteroatoms. The van der Waals surface area contributed by atoms with E-state index in [1.165, 1.54) is 0 Å². The highest BCUT2D eigenvalue weighted by Gasteiger charge is 2.42. The van der Waals surface area contributed by atoms with Crippen molar-refractivity contribution in [2.24, 2.45) is 0 Å². The van der Waals surface area contributed by atoms with E-state index in [4.69, 9.17) is 4.74 Å². The summed E-state index contributed by atoms with van der Waals surface area (Å²) in [4.78, 5) is 23.3. The Morgan fingerprint density at radius 3 is 2.67 bits per heavy atom. The molecule has 1 saturated carbocycles. The van der Waals surface area contributed by atoms with Gasteiger partial charge < -0.3 is 15.2 Å². The van der Waals surface area contributed by atoms with Gasteiger partial charge in [-0.2, -0.15) is 0 Å². The van der Waals surface area contributed by atoms with Crippen LogP contribution in [0, 0.1) is 0 Å². The van der Waals surface area contributed by atoms with Crippen molar-refractivity contribution in [3.63, 3.8) is 0 Å². The number of hydrogen-bond acceptors (Lipinski definition) is 3. The minimum absolute atomic E-state index is 0.164. The van der Waals surface area contributed by atoms with Crippen LogP contribution in [-0.2, 0) is 16.0 Å². The normalized spacial score (nSPS) is 16.4. The van der Waals surface area contributed by atoms with Gasteiger partial charge in [0.05, 0.1) is 0 Å². The van der Waals surface area contributed by atoms with E-state index >= 15 is 0 Å². The van der Waals surface area contributed by atoms with Crippen LogP contribution in [0.2, 0.25) is 0 Å². The molecular weight excluding hydrogens is 270 g/mol. The SMILES string of the molecule is CCc1cccc(OCC(=O)NC2(C(=O)O)CCCC2)c1. The van der Waals surface area contributed by atoms with E-state index in [1.807, 2.05) is 25.1 Å². The van der Waals surface area contributed by atoms with Gasteiger partial charge in [-0.1, -0.05) is 31.9 Å². The van der Waals surface area contributed by atoms with Crippen LogP contribution in [0.4, 0.5) is 0 Å². The van der Waals surface area contributed by atoms with Crippen LogP contribution in [-0.4, -0.2) is 29.1 Å². The van der Waals surface area contributed by atoms with Crippen LogP contribution < -0.4 is 10.1 Å². The molecule has 21 heavy (non-hydrogen) atoms. The number of nitrogens with one attached hydrogen (secondary N) is 1. The summed E-state index contributed by atoms with van der Waals surface area (Å²) >= 11 is 0. The average molecular weight is 291 g/mol. The van der Waals surface area contributed by atoms with Crippen molar-refractivity contribution in [1.82, 2.24) is 5.32 Å². The molecule has 0 atom stereocenters. The maximum atomic E-state index is 11.9. The van der Waals surface area contributed by atoms with Crippen molar-refractivity contribution in [2.45, 2.75) is 44.6 Å². The van der Waals surface area contributed by atoms with E-state index < -0.39 is 11.5 Å². The van der Waals surface area contributed by atoms with Crippen molar-refractivity contribution in [3.05, 3.63) is 29.8 Å². The molecule has 114 valence electrons. The van der Waals surface area contributed by atoms with Gasteiger partial charge in [-0.25, -0.2) is 4.79 Å². The summed E-state index contributed by atoms with van der Waals surface area (Å²) in [6, 6.07) is 7.54. The second kappa shape index (κ2) is 6.61. The van der Waals surface area contributed by atoms with Crippen LogP contribution >= 0.6 is 0 Å². The van der Waals surface area contributed by atoms with E-state index in [1.54, 1.807) is 6.07 Å². The molecule has 0 heterocycles. The molecule has 0 bridgehead atoms. The fraction of sp³-hybridized carbons (Fsp3) is 0.500. The van der Waals surface area contributed by atoms with E-state index in [9.17, 15) is 14.7 Å². The zero-order valence-electron chi connectivity index (χ0n) is 12.2. The Balaban J connectivity index is 1.91. The number of ether oxygens (including phenoxy) is 1. The lowest BCUT2D eigenvalue weighted by molar-refractivity contribution is -0.147. The van der Waals surface area contributed by atoms with E-state index in [-0.39, 0.29) is 12.5 Å². The highest BCUT2D eigenvalue weighted by atomic mass is 16.5. The Bertz CT molecular complexity index is 521. The summed E-state index contributed by atoms with van der Waals surface area (Å²) in [5, 5.41) is 11.9. The minimum atomic E-state index is -1.11. The topological polar surface area (TPSA) is 75.6 Å². The molecule has 2 rings (SSSR count). The van der Waals surface area contributed by atoms with Gasteiger partial charge in [0.2, 0.25) is 0 Å². The van der Waals surface area contributed by atoms with Crippen LogP contribution in [0.5, 0.6) is 5.75 Å². The summed E-state index contributed by atoms with van der Waals surface area (Å²) < 4.78 is 5.44. The number of rotatable bonds is 6. The summed E-state index contributed by atoms with van der Waals surface area (Å²) in [5.41, 5.74) is 0.0248. The Morgan fingerprint density at radius 2 is 2.05 bits per heavy atom. The number of aliphatic carboxylic acids is 1. The first-order valence-electron chi connectivity index (χ1n) is 7.32. The van der Waals surface area contributed by atoms with Gasteiger partial charge in [0, 0.05) is 0 Å². The lowest BCUT2D eigenvalue weighted by Gasteiger charge is -2.25. The third-order valence-electron chi connectivity index (χ3n) is 3.92. The quantitative estimate of drug-likeness (QED) is 0.842. The number of amides is 1. The lowest BCUT2D eigenvalue weighted by atomic mass is 9.98. The molecule has 5 nitrogen and oxygen atoms in total. The van der Waals surface area contributed by atoms with Gasteiger partial charge in [0.15, 0.2) is 6.61 Å².